The Morgan fingerprint density at radius 1 is 0.274 bits per heavy atom. The van der Waals surface area contributed by atoms with E-state index in [4.69, 9.17) is 9.97 Å². The molecular weight excluding hydrogens is 765 g/mol. The first kappa shape index (κ1) is 37.3. The van der Waals surface area contributed by atoms with Gasteiger partial charge in [0.2, 0.25) is 0 Å². The molecule has 3 heteroatoms. The van der Waals surface area contributed by atoms with Gasteiger partial charge in [0.1, 0.15) is 8.07 Å². The molecule has 0 bridgehead atoms. The van der Waals surface area contributed by atoms with Crippen LogP contribution in [0.1, 0.15) is 0 Å². The molecule has 0 radical (unpaired) electrons. The smallest absolute Gasteiger partial charge is 0.160 e. The summed E-state index contributed by atoms with van der Waals surface area (Å²) in [5.41, 5.74) is 17.1. The Labute approximate surface area is 364 Å². The van der Waals surface area contributed by atoms with E-state index in [9.17, 15) is 0 Å². The van der Waals surface area contributed by atoms with Gasteiger partial charge in [0, 0.05) is 16.7 Å². The number of fused-ring (bicyclic) bond motifs is 3. The largest absolute Gasteiger partial charge is 0.228 e. The fraction of sp³-hybridized carbons (Fsp3) is 0.0169. The summed E-state index contributed by atoms with van der Waals surface area (Å²) in [7, 11) is -2.18. The highest BCUT2D eigenvalue weighted by Crippen LogP contribution is 2.35. The molecule has 11 rings (SSSR count). The molecule has 1 unspecified atom stereocenters. The summed E-state index contributed by atoms with van der Waals surface area (Å²) in [5.74, 6) is 0.700. The van der Waals surface area contributed by atoms with Gasteiger partial charge in [0.25, 0.3) is 0 Å². The van der Waals surface area contributed by atoms with Crippen molar-refractivity contribution in [1.82, 2.24) is 9.97 Å². The van der Waals surface area contributed by atoms with Crippen molar-refractivity contribution in [3.8, 4) is 89.5 Å². The predicted molar refractivity (Wildman–Crippen MR) is 262 cm³/mol. The summed E-state index contributed by atoms with van der Waals surface area (Å²) >= 11 is 0. The van der Waals surface area contributed by atoms with Crippen LogP contribution >= 0.6 is 0 Å². The van der Waals surface area contributed by atoms with E-state index in [-0.39, 0.29) is 0 Å². The van der Waals surface area contributed by atoms with Crippen molar-refractivity contribution in [2.24, 2.45) is 0 Å². The van der Waals surface area contributed by atoms with Crippen molar-refractivity contribution in [1.29, 1.82) is 0 Å². The first-order valence-electron chi connectivity index (χ1n) is 21.3. The van der Waals surface area contributed by atoms with Crippen molar-refractivity contribution in [3.63, 3.8) is 0 Å². The van der Waals surface area contributed by atoms with Gasteiger partial charge in [0.15, 0.2) is 5.82 Å². The second kappa shape index (κ2) is 15.7. The molecule has 1 aromatic heterocycles. The van der Waals surface area contributed by atoms with Crippen LogP contribution in [0.4, 0.5) is 0 Å². The Morgan fingerprint density at radius 3 is 1.31 bits per heavy atom. The van der Waals surface area contributed by atoms with Crippen LogP contribution in [-0.2, 0) is 0 Å². The van der Waals surface area contributed by atoms with E-state index >= 15 is 0 Å². The zero-order valence-corrected chi connectivity index (χ0v) is 35.4. The average molecular weight is 807 g/mol. The van der Waals surface area contributed by atoms with Gasteiger partial charge >= 0.3 is 0 Å². The summed E-state index contributed by atoms with van der Waals surface area (Å²) in [6, 6.07) is 85.5. The lowest BCUT2D eigenvalue weighted by molar-refractivity contribution is 1.18. The van der Waals surface area contributed by atoms with Gasteiger partial charge in [-0.05, 0) is 95.5 Å². The summed E-state index contributed by atoms with van der Waals surface area (Å²) < 4.78 is 0. The van der Waals surface area contributed by atoms with Gasteiger partial charge in [0.05, 0.1) is 11.4 Å². The molecule has 0 amide bonds. The SMILES string of the molecule is C[Si]1(c2ccccc2)c2ccccc2-c2ccc(-c3cccc(-c4cccc(-c5ccc(-c6nc(-c7ccccc7)cc(-c7cccc(-c8ccccc8)c7)n6)cc5)c4)c3)cc21. The van der Waals surface area contributed by atoms with Crippen LogP contribution in [0, 0.1) is 0 Å². The fourth-order valence-corrected chi connectivity index (χ4v) is 13.5. The van der Waals surface area contributed by atoms with E-state index in [1.165, 1.54) is 54.5 Å². The Balaban J connectivity index is 0.908. The first-order valence-corrected chi connectivity index (χ1v) is 23.8. The molecule has 2 heterocycles. The Morgan fingerprint density at radius 2 is 0.677 bits per heavy atom. The monoisotopic (exact) mass is 806 g/mol. The number of hydrogen-bond acceptors (Lipinski definition) is 2. The number of nitrogens with zero attached hydrogens (tertiary/aromatic N) is 2. The molecule has 0 N–H and O–H groups in total. The summed E-state index contributed by atoms with van der Waals surface area (Å²) in [5, 5.41) is 4.44. The maximum atomic E-state index is 5.17. The maximum absolute atomic E-state index is 5.17. The van der Waals surface area contributed by atoms with Gasteiger partial charge < -0.3 is 0 Å². The normalized spacial score (nSPS) is 14.0. The summed E-state index contributed by atoms with van der Waals surface area (Å²) in [6.45, 7) is 2.52. The zero-order chi connectivity index (χ0) is 41.5. The Hall–Kier alpha value is -7.72. The van der Waals surface area contributed by atoms with Gasteiger partial charge in [-0.1, -0.05) is 219 Å². The predicted octanol–water partition coefficient (Wildman–Crippen LogP) is 13.2. The highest BCUT2D eigenvalue weighted by atomic mass is 28.3. The molecular formula is C59H42N2Si. The number of aromatic nitrogens is 2. The number of hydrogen-bond donors (Lipinski definition) is 0. The van der Waals surface area contributed by atoms with Crippen LogP contribution in [-0.4, -0.2) is 18.0 Å². The minimum atomic E-state index is -2.18. The third-order valence-electron chi connectivity index (χ3n) is 12.6. The van der Waals surface area contributed by atoms with Gasteiger partial charge in [-0.3, -0.25) is 0 Å². The average Bonchev–Trinajstić information content (AvgIpc) is 3.62. The molecule has 0 fully saturated rings. The molecule has 0 aliphatic carbocycles. The van der Waals surface area contributed by atoms with Crippen molar-refractivity contribution < 1.29 is 0 Å². The second-order valence-corrected chi connectivity index (χ2v) is 20.2. The first-order chi connectivity index (χ1) is 30.6. The van der Waals surface area contributed by atoms with Crippen LogP contribution in [0.25, 0.3) is 89.5 Å². The molecule has 0 spiro atoms. The summed E-state index contributed by atoms with van der Waals surface area (Å²) in [6.07, 6.45) is 0. The van der Waals surface area contributed by atoms with E-state index in [1.807, 2.05) is 12.1 Å². The molecule has 10 aromatic rings. The fourth-order valence-electron chi connectivity index (χ4n) is 9.29. The molecule has 1 aliphatic rings. The van der Waals surface area contributed by atoms with Crippen LogP contribution in [0.2, 0.25) is 6.55 Å². The van der Waals surface area contributed by atoms with E-state index < -0.39 is 8.07 Å². The molecule has 0 saturated heterocycles. The number of rotatable bonds is 8. The standard InChI is InChI=1S/C59H42N2Si/c1-62(52-26-9-4-10-27-52)57-29-12-11-28-53(57)54-35-34-50(39-58(54)62)49-24-14-23-48(37-49)47-22-13-20-45(36-47)42-30-32-44(33-31-42)59-60-55(43-18-7-3-8-19-43)40-56(61-59)51-25-15-21-46(38-51)41-16-5-2-6-17-41/h2-40H,1H3. The van der Waals surface area contributed by atoms with E-state index in [0.29, 0.717) is 5.82 Å². The number of benzene rings is 9. The van der Waals surface area contributed by atoms with Crippen molar-refractivity contribution >= 4 is 23.6 Å². The van der Waals surface area contributed by atoms with Crippen LogP contribution in [0.5, 0.6) is 0 Å². The molecule has 1 atom stereocenters. The van der Waals surface area contributed by atoms with Gasteiger partial charge in [-0.25, -0.2) is 9.97 Å². The van der Waals surface area contributed by atoms with Crippen LogP contribution < -0.4 is 15.6 Å². The highest BCUT2D eigenvalue weighted by molar-refractivity contribution is 7.13. The quantitative estimate of drug-likeness (QED) is 0.143. The van der Waals surface area contributed by atoms with Crippen LogP contribution in [0.15, 0.2) is 237 Å². The maximum Gasteiger partial charge on any atom is 0.160 e. The highest BCUT2D eigenvalue weighted by Gasteiger charge is 2.43. The Kier molecular flexibility index (Phi) is 9.45. The summed E-state index contributed by atoms with van der Waals surface area (Å²) in [4.78, 5) is 10.3. The molecule has 292 valence electrons. The lowest BCUT2D eigenvalue weighted by atomic mass is 9.95. The Bertz CT molecular complexity index is 3230. The molecule has 62 heavy (non-hydrogen) atoms. The van der Waals surface area contributed by atoms with E-state index in [0.717, 1.165) is 44.8 Å². The van der Waals surface area contributed by atoms with E-state index in [1.54, 1.807) is 0 Å². The van der Waals surface area contributed by atoms with Gasteiger partial charge in [-0.15, -0.1) is 0 Å². The van der Waals surface area contributed by atoms with Gasteiger partial charge in [-0.2, -0.15) is 0 Å². The molecule has 1 aliphatic heterocycles. The second-order valence-electron chi connectivity index (χ2n) is 16.3. The lowest BCUT2D eigenvalue weighted by Crippen LogP contribution is -2.62. The lowest BCUT2D eigenvalue weighted by Gasteiger charge is -2.26. The third kappa shape index (κ3) is 6.79. The molecule has 0 saturated carbocycles. The van der Waals surface area contributed by atoms with Crippen molar-refractivity contribution in [2.45, 2.75) is 6.55 Å². The minimum Gasteiger partial charge on any atom is -0.228 e. The molecule has 2 nitrogen and oxygen atoms in total. The molecule has 9 aromatic carbocycles. The van der Waals surface area contributed by atoms with Crippen molar-refractivity contribution in [2.75, 3.05) is 0 Å². The minimum absolute atomic E-state index is 0.700. The topological polar surface area (TPSA) is 25.8 Å². The van der Waals surface area contributed by atoms with Crippen LogP contribution in [0.3, 0.4) is 0 Å². The van der Waals surface area contributed by atoms with E-state index in [2.05, 4.69) is 231 Å². The third-order valence-corrected chi connectivity index (χ3v) is 17.1. The zero-order valence-electron chi connectivity index (χ0n) is 34.4. The van der Waals surface area contributed by atoms with Crippen molar-refractivity contribution in [3.05, 3.63) is 237 Å².